The Morgan fingerprint density at radius 1 is 1.50 bits per heavy atom. The van der Waals surface area contributed by atoms with E-state index in [9.17, 15) is 0 Å². The molecule has 6 nitrogen and oxygen atoms in total. The summed E-state index contributed by atoms with van der Waals surface area (Å²) in [5, 5.41) is 13.4. The molecule has 0 atom stereocenters. The van der Waals surface area contributed by atoms with Gasteiger partial charge < -0.3 is 0 Å². The number of hydrazine groups is 1. The second kappa shape index (κ2) is 2.20. The number of nitrogens with zero attached hydrogens (tertiary/aromatic N) is 5. The summed E-state index contributed by atoms with van der Waals surface area (Å²) >= 11 is 0. The number of rotatable bonds is 1. The molecule has 0 saturated heterocycles. The SMILES string of the molecule is C1CN([N+]2=NNCC2)N=N1. The minimum Gasteiger partial charge on any atom is -0.213 e. The van der Waals surface area contributed by atoms with Crippen LogP contribution in [0.15, 0.2) is 15.6 Å². The number of hydrogen-bond donors (Lipinski definition) is 1. The summed E-state index contributed by atoms with van der Waals surface area (Å²) in [7, 11) is 0. The Morgan fingerprint density at radius 3 is 3.10 bits per heavy atom. The van der Waals surface area contributed by atoms with Crippen molar-refractivity contribution in [3.8, 4) is 0 Å². The maximum atomic E-state index is 3.97. The summed E-state index contributed by atoms with van der Waals surface area (Å²) in [4.78, 5) is 1.79. The lowest BCUT2D eigenvalue weighted by Gasteiger charge is -2.02. The number of hydrogen-bond acceptors (Lipinski definition) is 5. The van der Waals surface area contributed by atoms with Crippen LogP contribution >= 0.6 is 0 Å². The van der Waals surface area contributed by atoms with Gasteiger partial charge in [-0.3, -0.25) is 0 Å². The van der Waals surface area contributed by atoms with Crippen LogP contribution in [0, 0.1) is 0 Å². The third-order valence-electron chi connectivity index (χ3n) is 1.44. The summed E-state index contributed by atoms with van der Waals surface area (Å²) in [6, 6.07) is 0. The predicted molar refractivity (Wildman–Crippen MR) is 32.0 cm³/mol. The fraction of sp³-hybridized carbons (Fsp3) is 1.00. The normalized spacial score (nSPS) is 23.2. The molecule has 2 aliphatic heterocycles. The van der Waals surface area contributed by atoms with Crippen LogP contribution in [0.25, 0.3) is 0 Å². The van der Waals surface area contributed by atoms with E-state index >= 15 is 0 Å². The zero-order chi connectivity index (χ0) is 6.81. The Bertz CT molecular complexity index is 184. The van der Waals surface area contributed by atoms with Crippen LogP contribution in [0.1, 0.15) is 0 Å². The maximum absolute atomic E-state index is 3.97. The first-order chi connectivity index (χ1) is 4.97. The highest BCUT2D eigenvalue weighted by molar-refractivity contribution is 4.47. The Balaban J connectivity index is 2.04. The summed E-state index contributed by atoms with van der Waals surface area (Å²) in [5.74, 6) is 0. The van der Waals surface area contributed by atoms with Crippen LogP contribution in [0.5, 0.6) is 0 Å². The molecular weight excluding hydrogens is 132 g/mol. The van der Waals surface area contributed by atoms with E-state index < -0.39 is 0 Å². The van der Waals surface area contributed by atoms with Gasteiger partial charge in [-0.25, -0.2) is 5.43 Å². The largest absolute Gasteiger partial charge is 0.213 e. The first-order valence-corrected chi connectivity index (χ1v) is 3.33. The molecule has 2 heterocycles. The maximum Gasteiger partial charge on any atom is 0.146 e. The molecule has 0 radical (unpaired) electrons. The van der Waals surface area contributed by atoms with Crippen molar-refractivity contribution in [2.75, 3.05) is 26.2 Å². The molecule has 1 N–H and O–H groups in total. The molecule has 0 bridgehead atoms. The number of nitrogens with one attached hydrogen (secondary N) is 1. The van der Waals surface area contributed by atoms with Crippen LogP contribution in [0.4, 0.5) is 0 Å². The summed E-state index contributed by atoms with van der Waals surface area (Å²) < 4.78 is 0. The smallest absolute Gasteiger partial charge is 0.146 e. The van der Waals surface area contributed by atoms with Gasteiger partial charge in [-0.1, -0.05) is 15.0 Å². The zero-order valence-electron chi connectivity index (χ0n) is 5.56. The lowest BCUT2D eigenvalue weighted by Crippen LogP contribution is -2.27. The molecule has 0 aromatic carbocycles. The zero-order valence-corrected chi connectivity index (χ0v) is 5.56. The van der Waals surface area contributed by atoms with Crippen LogP contribution < -0.4 is 5.43 Å². The Kier molecular flexibility index (Phi) is 1.23. The molecular formula is C4H9N6+. The predicted octanol–water partition coefficient (Wildman–Crippen LogP) is -0.433. The van der Waals surface area contributed by atoms with Gasteiger partial charge in [0.25, 0.3) is 0 Å². The molecule has 54 valence electrons. The van der Waals surface area contributed by atoms with E-state index in [1.807, 2.05) is 0 Å². The molecule has 6 heteroatoms. The van der Waals surface area contributed by atoms with Crippen molar-refractivity contribution in [2.45, 2.75) is 0 Å². The van der Waals surface area contributed by atoms with Crippen molar-refractivity contribution in [3.05, 3.63) is 0 Å². The third kappa shape index (κ3) is 0.810. The van der Waals surface area contributed by atoms with E-state index in [1.54, 1.807) is 9.92 Å². The van der Waals surface area contributed by atoms with Gasteiger partial charge >= 0.3 is 0 Å². The van der Waals surface area contributed by atoms with Crippen LogP contribution in [0.2, 0.25) is 0 Å². The van der Waals surface area contributed by atoms with Crippen molar-refractivity contribution in [1.29, 1.82) is 0 Å². The van der Waals surface area contributed by atoms with Gasteiger partial charge in [0.1, 0.15) is 26.2 Å². The monoisotopic (exact) mass is 141 g/mol. The molecule has 2 rings (SSSR count). The average Bonchev–Trinajstić information content (AvgIpc) is 2.59. The van der Waals surface area contributed by atoms with Crippen molar-refractivity contribution >= 4 is 0 Å². The highest BCUT2D eigenvalue weighted by Crippen LogP contribution is 2.02. The van der Waals surface area contributed by atoms with E-state index in [2.05, 4.69) is 21.0 Å². The summed E-state index contributed by atoms with van der Waals surface area (Å²) in [6.07, 6.45) is 0. The molecule has 0 aliphatic carbocycles. The van der Waals surface area contributed by atoms with Gasteiger partial charge in [-0.05, 0) is 0 Å². The second-order valence-corrected chi connectivity index (χ2v) is 2.15. The van der Waals surface area contributed by atoms with Gasteiger partial charge in [0.05, 0.1) is 5.22 Å². The van der Waals surface area contributed by atoms with Crippen molar-refractivity contribution < 1.29 is 4.81 Å². The highest BCUT2D eigenvalue weighted by atomic mass is 15.9. The Labute approximate surface area is 58.1 Å². The van der Waals surface area contributed by atoms with Gasteiger partial charge in [-0.2, -0.15) is 0 Å². The Morgan fingerprint density at radius 2 is 2.50 bits per heavy atom. The molecule has 0 unspecified atom stereocenters. The lowest BCUT2D eigenvalue weighted by atomic mass is 10.6. The minimum absolute atomic E-state index is 0.784. The molecule has 2 aliphatic rings. The highest BCUT2D eigenvalue weighted by Gasteiger charge is 2.21. The summed E-state index contributed by atoms with van der Waals surface area (Å²) in [6.45, 7) is 3.42. The fourth-order valence-corrected chi connectivity index (χ4v) is 0.957. The first kappa shape index (κ1) is 5.57. The van der Waals surface area contributed by atoms with Gasteiger partial charge in [0.2, 0.25) is 0 Å². The minimum atomic E-state index is 0.784. The lowest BCUT2D eigenvalue weighted by molar-refractivity contribution is -0.733. The quantitative estimate of drug-likeness (QED) is 0.503. The molecule has 0 aromatic rings. The van der Waals surface area contributed by atoms with E-state index in [4.69, 9.17) is 0 Å². The molecule has 0 saturated carbocycles. The van der Waals surface area contributed by atoms with E-state index in [-0.39, 0.29) is 0 Å². The van der Waals surface area contributed by atoms with Crippen LogP contribution in [-0.4, -0.2) is 36.1 Å². The average molecular weight is 141 g/mol. The standard InChI is InChI=1S/C4H8N6/c1-3-9(7-5-1)10-4-2-6-8-10/h1-4H2/p+1. The molecule has 10 heavy (non-hydrogen) atoms. The van der Waals surface area contributed by atoms with Gasteiger partial charge in [-0.15, -0.1) is 0 Å². The fourth-order valence-electron chi connectivity index (χ4n) is 0.957. The summed E-state index contributed by atoms with van der Waals surface area (Å²) in [5.41, 5.74) is 2.86. The molecule has 0 fully saturated rings. The third-order valence-corrected chi connectivity index (χ3v) is 1.44. The second-order valence-electron chi connectivity index (χ2n) is 2.15. The topological polar surface area (TPSA) is 55.4 Å². The van der Waals surface area contributed by atoms with Crippen molar-refractivity contribution in [1.82, 2.24) is 10.5 Å². The van der Waals surface area contributed by atoms with Crippen molar-refractivity contribution in [3.63, 3.8) is 0 Å². The first-order valence-electron chi connectivity index (χ1n) is 3.33. The van der Waals surface area contributed by atoms with Gasteiger partial charge in [0, 0.05) is 5.22 Å². The van der Waals surface area contributed by atoms with Crippen molar-refractivity contribution in [2.24, 2.45) is 15.6 Å². The molecule has 0 spiro atoms. The molecule has 0 amide bonds. The van der Waals surface area contributed by atoms with E-state index in [0.717, 1.165) is 26.2 Å². The van der Waals surface area contributed by atoms with Crippen LogP contribution in [-0.2, 0) is 0 Å². The molecule has 0 aromatic heterocycles. The van der Waals surface area contributed by atoms with Gasteiger partial charge in [0.15, 0.2) is 0 Å². The van der Waals surface area contributed by atoms with Crippen LogP contribution in [0.3, 0.4) is 0 Å². The van der Waals surface area contributed by atoms with E-state index in [0.29, 0.717) is 0 Å². The van der Waals surface area contributed by atoms with E-state index in [1.165, 1.54) is 0 Å². The Hall–Kier alpha value is -1.20.